The molecule has 2 heterocycles. The molecule has 0 fully saturated rings. The standard InChI is InChI=1S/C17H16N4O5/c1-11-15(9-18-20(11)2)19-17(22)16-8-7-14(26-16)10-25-13-5-3-12(4-6-13)21(23)24/h3-9H,10H2,1-2H3,(H,19,22). The predicted molar refractivity (Wildman–Crippen MR) is 92.0 cm³/mol. The van der Waals surface area contributed by atoms with E-state index >= 15 is 0 Å². The highest BCUT2D eigenvalue weighted by Crippen LogP contribution is 2.20. The van der Waals surface area contributed by atoms with Crippen molar-refractivity contribution >= 4 is 17.3 Å². The fraction of sp³-hybridized carbons (Fsp3) is 0.176. The Morgan fingerprint density at radius 1 is 1.31 bits per heavy atom. The van der Waals surface area contributed by atoms with E-state index in [9.17, 15) is 14.9 Å². The molecular weight excluding hydrogens is 340 g/mol. The summed E-state index contributed by atoms with van der Waals surface area (Å²) >= 11 is 0. The largest absolute Gasteiger partial charge is 0.486 e. The first kappa shape index (κ1) is 17.2. The van der Waals surface area contributed by atoms with Gasteiger partial charge >= 0.3 is 0 Å². The number of furan rings is 1. The summed E-state index contributed by atoms with van der Waals surface area (Å²) in [4.78, 5) is 22.4. The molecule has 0 aliphatic rings. The van der Waals surface area contributed by atoms with E-state index in [0.29, 0.717) is 17.2 Å². The number of non-ortho nitro benzene ring substituents is 1. The van der Waals surface area contributed by atoms with Crippen molar-refractivity contribution in [3.8, 4) is 5.75 Å². The molecule has 1 N–H and O–H groups in total. The molecule has 134 valence electrons. The third-order valence-electron chi connectivity index (χ3n) is 3.80. The average Bonchev–Trinajstić information content (AvgIpc) is 3.22. The number of nitro benzene ring substituents is 1. The summed E-state index contributed by atoms with van der Waals surface area (Å²) in [6, 6.07) is 8.89. The molecule has 0 bridgehead atoms. The number of nitro groups is 1. The van der Waals surface area contributed by atoms with Crippen LogP contribution in [-0.2, 0) is 13.7 Å². The number of rotatable bonds is 6. The Morgan fingerprint density at radius 3 is 2.65 bits per heavy atom. The molecule has 0 atom stereocenters. The smallest absolute Gasteiger partial charge is 0.291 e. The van der Waals surface area contributed by atoms with Gasteiger partial charge in [0.25, 0.3) is 11.6 Å². The van der Waals surface area contributed by atoms with Crippen LogP contribution in [0.2, 0.25) is 0 Å². The number of hydrogen-bond acceptors (Lipinski definition) is 6. The molecule has 26 heavy (non-hydrogen) atoms. The number of carbonyl (C=O) groups is 1. The Morgan fingerprint density at radius 2 is 2.04 bits per heavy atom. The quantitative estimate of drug-likeness (QED) is 0.536. The second kappa shape index (κ2) is 7.09. The number of carbonyl (C=O) groups excluding carboxylic acids is 1. The van der Waals surface area contributed by atoms with E-state index in [0.717, 1.165) is 5.69 Å². The van der Waals surface area contributed by atoms with Gasteiger partial charge in [-0.15, -0.1) is 0 Å². The molecule has 1 amide bonds. The van der Waals surface area contributed by atoms with Crippen LogP contribution in [0.15, 0.2) is 47.0 Å². The van der Waals surface area contributed by atoms with Crippen LogP contribution in [0.1, 0.15) is 22.0 Å². The Kier molecular flexibility index (Phi) is 4.70. The summed E-state index contributed by atoms with van der Waals surface area (Å²) in [6.07, 6.45) is 1.56. The third-order valence-corrected chi connectivity index (χ3v) is 3.80. The minimum Gasteiger partial charge on any atom is -0.486 e. The molecule has 0 aliphatic heterocycles. The van der Waals surface area contributed by atoms with Crippen molar-refractivity contribution in [1.29, 1.82) is 0 Å². The predicted octanol–water partition coefficient (Wildman–Crippen LogP) is 3.06. The van der Waals surface area contributed by atoms with E-state index < -0.39 is 4.92 Å². The SMILES string of the molecule is Cc1c(NC(=O)c2ccc(COc3ccc([N+](=O)[O-])cc3)o2)cnn1C. The molecule has 1 aromatic carbocycles. The zero-order valence-electron chi connectivity index (χ0n) is 14.1. The molecule has 3 aromatic rings. The van der Waals surface area contributed by atoms with Gasteiger partial charge in [0.15, 0.2) is 5.76 Å². The van der Waals surface area contributed by atoms with E-state index in [-0.39, 0.29) is 24.0 Å². The lowest BCUT2D eigenvalue weighted by molar-refractivity contribution is -0.384. The van der Waals surface area contributed by atoms with E-state index in [2.05, 4.69) is 10.4 Å². The van der Waals surface area contributed by atoms with Crippen LogP contribution in [0.4, 0.5) is 11.4 Å². The van der Waals surface area contributed by atoms with E-state index in [4.69, 9.17) is 9.15 Å². The molecule has 9 heteroatoms. The number of aryl methyl sites for hydroxylation is 1. The number of anilines is 1. The van der Waals surface area contributed by atoms with Gasteiger partial charge in [0.1, 0.15) is 18.1 Å². The van der Waals surface area contributed by atoms with Gasteiger partial charge in [-0.3, -0.25) is 19.6 Å². The second-order valence-electron chi connectivity index (χ2n) is 5.53. The number of hydrogen-bond donors (Lipinski definition) is 1. The Hall–Kier alpha value is -3.62. The molecule has 3 rings (SSSR count). The summed E-state index contributed by atoms with van der Waals surface area (Å²) in [5.41, 5.74) is 1.42. The highest BCUT2D eigenvalue weighted by atomic mass is 16.6. The molecule has 2 aromatic heterocycles. The third kappa shape index (κ3) is 3.72. The van der Waals surface area contributed by atoms with Gasteiger partial charge in [-0.2, -0.15) is 5.10 Å². The molecule has 0 radical (unpaired) electrons. The van der Waals surface area contributed by atoms with Crippen LogP contribution in [0.25, 0.3) is 0 Å². The van der Waals surface area contributed by atoms with Crippen molar-refractivity contribution in [2.24, 2.45) is 7.05 Å². The first-order valence-corrected chi connectivity index (χ1v) is 7.70. The topological polar surface area (TPSA) is 112 Å². The fourth-order valence-corrected chi connectivity index (χ4v) is 2.20. The van der Waals surface area contributed by atoms with E-state index in [1.54, 1.807) is 30.1 Å². The van der Waals surface area contributed by atoms with Gasteiger partial charge in [0, 0.05) is 19.2 Å². The van der Waals surface area contributed by atoms with Crippen molar-refractivity contribution in [1.82, 2.24) is 9.78 Å². The number of amides is 1. The summed E-state index contributed by atoms with van der Waals surface area (Å²) in [5.74, 6) is 0.679. The number of nitrogens with zero attached hydrogens (tertiary/aromatic N) is 3. The van der Waals surface area contributed by atoms with Gasteiger partial charge in [0.2, 0.25) is 0 Å². The summed E-state index contributed by atoms with van der Waals surface area (Å²) < 4.78 is 12.6. The lowest BCUT2D eigenvalue weighted by Crippen LogP contribution is -2.11. The van der Waals surface area contributed by atoms with E-state index in [1.165, 1.54) is 24.3 Å². The molecule has 0 unspecified atom stereocenters. The monoisotopic (exact) mass is 356 g/mol. The lowest BCUT2D eigenvalue weighted by atomic mass is 10.3. The summed E-state index contributed by atoms with van der Waals surface area (Å²) in [7, 11) is 1.78. The zero-order valence-corrected chi connectivity index (χ0v) is 14.1. The Bertz CT molecular complexity index is 942. The molecular formula is C17H16N4O5. The molecule has 0 saturated heterocycles. The van der Waals surface area contributed by atoms with Crippen LogP contribution < -0.4 is 10.1 Å². The van der Waals surface area contributed by atoms with Crippen LogP contribution in [0.3, 0.4) is 0 Å². The van der Waals surface area contributed by atoms with Crippen molar-refractivity contribution in [3.05, 3.63) is 69.9 Å². The van der Waals surface area contributed by atoms with Crippen LogP contribution >= 0.6 is 0 Å². The first-order chi connectivity index (χ1) is 12.4. The highest BCUT2D eigenvalue weighted by Gasteiger charge is 2.14. The highest BCUT2D eigenvalue weighted by molar-refractivity contribution is 6.02. The molecule has 0 spiro atoms. The normalized spacial score (nSPS) is 10.5. The fourth-order valence-electron chi connectivity index (χ4n) is 2.20. The van der Waals surface area contributed by atoms with Crippen molar-refractivity contribution in [2.75, 3.05) is 5.32 Å². The van der Waals surface area contributed by atoms with Gasteiger partial charge in [-0.05, 0) is 31.2 Å². The first-order valence-electron chi connectivity index (χ1n) is 7.70. The number of ether oxygens (including phenoxy) is 1. The van der Waals surface area contributed by atoms with Gasteiger partial charge < -0.3 is 14.5 Å². The number of nitrogens with one attached hydrogen (secondary N) is 1. The van der Waals surface area contributed by atoms with Crippen molar-refractivity contribution < 1.29 is 18.9 Å². The van der Waals surface area contributed by atoms with E-state index in [1.807, 2.05) is 6.92 Å². The molecule has 9 nitrogen and oxygen atoms in total. The zero-order chi connectivity index (χ0) is 18.7. The maximum atomic E-state index is 12.2. The lowest BCUT2D eigenvalue weighted by Gasteiger charge is -2.04. The second-order valence-corrected chi connectivity index (χ2v) is 5.53. The van der Waals surface area contributed by atoms with Crippen LogP contribution in [0, 0.1) is 17.0 Å². The summed E-state index contributed by atoms with van der Waals surface area (Å²) in [5, 5.41) is 17.4. The molecule has 0 aliphatic carbocycles. The van der Waals surface area contributed by atoms with Gasteiger partial charge in [0.05, 0.1) is 22.5 Å². The maximum Gasteiger partial charge on any atom is 0.291 e. The van der Waals surface area contributed by atoms with Crippen molar-refractivity contribution in [3.63, 3.8) is 0 Å². The van der Waals surface area contributed by atoms with Crippen molar-refractivity contribution in [2.45, 2.75) is 13.5 Å². The van der Waals surface area contributed by atoms with Crippen LogP contribution in [-0.4, -0.2) is 20.6 Å². The number of benzene rings is 1. The minimum absolute atomic E-state index is 0.0139. The minimum atomic E-state index is -0.481. The van der Waals surface area contributed by atoms with Gasteiger partial charge in [-0.25, -0.2) is 0 Å². The maximum absolute atomic E-state index is 12.2. The number of aromatic nitrogens is 2. The Labute approximate surface area is 148 Å². The summed E-state index contributed by atoms with van der Waals surface area (Å²) in [6.45, 7) is 1.94. The van der Waals surface area contributed by atoms with Gasteiger partial charge in [-0.1, -0.05) is 0 Å². The Balaban J connectivity index is 1.59. The molecule has 0 saturated carbocycles. The van der Waals surface area contributed by atoms with Crippen LogP contribution in [0.5, 0.6) is 5.75 Å². The average molecular weight is 356 g/mol.